The van der Waals surface area contributed by atoms with Crippen molar-refractivity contribution >= 4 is 32.6 Å². The third-order valence-electron chi connectivity index (χ3n) is 3.85. The maximum Gasteiger partial charge on any atom is 0.253 e. The second-order valence-corrected chi connectivity index (χ2v) is 6.43. The summed E-state index contributed by atoms with van der Waals surface area (Å²) < 4.78 is 0.975. The van der Waals surface area contributed by atoms with Crippen molar-refractivity contribution in [3.63, 3.8) is 0 Å². The predicted molar refractivity (Wildman–Crippen MR) is 86.7 cm³/mol. The number of carbonyl (C=O) groups excluding carboxylic acids is 1. The van der Waals surface area contributed by atoms with Gasteiger partial charge in [-0.25, -0.2) is 4.98 Å². The van der Waals surface area contributed by atoms with Crippen molar-refractivity contribution in [3.05, 3.63) is 23.8 Å². The van der Waals surface area contributed by atoms with Crippen LogP contribution < -0.4 is 5.73 Å². The van der Waals surface area contributed by atoms with Crippen LogP contribution >= 0.6 is 11.3 Å². The van der Waals surface area contributed by atoms with Crippen molar-refractivity contribution in [2.24, 2.45) is 0 Å². The van der Waals surface area contributed by atoms with Crippen LogP contribution in [0, 0.1) is 0 Å². The molecule has 1 aliphatic rings. The van der Waals surface area contributed by atoms with Crippen LogP contribution in [0.1, 0.15) is 23.7 Å². The molecule has 1 fully saturated rings. The highest BCUT2D eigenvalue weighted by Gasteiger charge is 2.22. The van der Waals surface area contributed by atoms with E-state index in [0.29, 0.717) is 5.13 Å². The topological polar surface area (TPSA) is 62.5 Å². The van der Waals surface area contributed by atoms with E-state index in [1.807, 2.05) is 23.1 Å². The largest absolute Gasteiger partial charge is 0.375 e. The van der Waals surface area contributed by atoms with Gasteiger partial charge in [0.15, 0.2) is 5.13 Å². The molecule has 0 bridgehead atoms. The molecule has 0 unspecified atom stereocenters. The van der Waals surface area contributed by atoms with Crippen LogP contribution in [-0.4, -0.2) is 53.4 Å². The smallest absolute Gasteiger partial charge is 0.253 e. The van der Waals surface area contributed by atoms with E-state index in [9.17, 15) is 4.79 Å². The monoisotopic (exact) mass is 304 g/mol. The molecule has 1 amide bonds. The Hall–Kier alpha value is -1.66. The van der Waals surface area contributed by atoms with E-state index in [1.165, 1.54) is 11.3 Å². The molecule has 0 radical (unpaired) electrons. The molecule has 6 heteroatoms. The number of nitrogens with two attached hydrogens (primary N) is 1. The number of nitrogen functional groups attached to an aromatic ring is 1. The van der Waals surface area contributed by atoms with Gasteiger partial charge in [-0.15, -0.1) is 0 Å². The molecule has 2 heterocycles. The third-order valence-corrected chi connectivity index (χ3v) is 4.70. The van der Waals surface area contributed by atoms with E-state index in [2.05, 4.69) is 16.8 Å². The van der Waals surface area contributed by atoms with Gasteiger partial charge in [0.05, 0.1) is 10.2 Å². The second-order valence-electron chi connectivity index (χ2n) is 5.37. The summed E-state index contributed by atoms with van der Waals surface area (Å²) >= 11 is 1.43. The molecule has 5 nitrogen and oxygen atoms in total. The quantitative estimate of drug-likeness (QED) is 0.942. The number of nitrogens with zero attached hydrogens (tertiary/aromatic N) is 3. The number of benzene rings is 1. The molecule has 21 heavy (non-hydrogen) atoms. The van der Waals surface area contributed by atoms with E-state index in [0.717, 1.165) is 54.9 Å². The first-order chi connectivity index (χ1) is 10.2. The fraction of sp³-hybridized carbons (Fsp3) is 0.467. The summed E-state index contributed by atoms with van der Waals surface area (Å²) in [5, 5.41) is 0.544. The number of fused-ring (bicyclic) bond motifs is 1. The highest BCUT2D eigenvalue weighted by Crippen LogP contribution is 2.25. The first-order valence-corrected chi connectivity index (χ1v) is 8.16. The minimum absolute atomic E-state index is 0.111. The van der Waals surface area contributed by atoms with Crippen LogP contribution in [0.5, 0.6) is 0 Å². The van der Waals surface area contributed by atoms with Crippen molar-refractivity contribution in [1.29, 1.82) is 0 Å². The van der Waals surface area contributed by atoms with Gasteiger partial charge in [-0.1, -0.05) is 18.3 Å². The Morgan fingerprint density at radius 1 is 1.33 bits per heavy atom. The molecule has 0 atom stereocenters. The van der Waals surface area contributed by atoms with Crippen LogP contribution in [0.4, 0.5) is 5.13 Å². The summed E-state index contributed by atoms with van der Waals surface area (Å²) in [5.74, 6) is 0.111. The van der Waals surface area contributed by atoms with Crippen LogP contribution in [0.15, 0.2) is 18.2 Å². The molecular formula is C15H20N4OS. The van der Waals surface area contributed by atoms with Gasteiger partial charge in [0, 0.05) is 31.7 Å². The van der Waals surface area contributed by atoms with Crippen LogP contribution in [-0.2, 0) is 0 Å². The van der Waals surface area contributed by atoms with Gasteiger partial charge in [0.2, 0.25) is 0 Å². The molecule has 3 rings (SSSR count). The first-order valence-electron chi connectivity index (χ1n) is 7.35. The fourth-order valence-electron chi connectivity index (χ4n) is 2.75. The molecule has 1 aromatic carbocycles. The van der Waals surface area contributed by atoms with Crippen molar-refractivity contribution < 1.29 is 4.79 Å². The van der Waals surface area contributed by atoms with Gasteiger partial charge in [-0.3, -0.25) is 9.69 Å². The molecule has 2 N–H and O–H groups in total. The fourth-order valence-corrected chi connectivity index (χ4v) is 3.52. The summed E-state index contributed by atoms with van der Waals surface area (Å²) in [6.45, 7) is 6.86. The third kappa shape index (κ3) is 3.01. The Balaban J connectivity index is 1.72. The predicted octanol–water partition coefficient (Wildman–Crippen LogP) is 2.05. The highest BCUT2D eigenvalue weighted by molar-refractivity contribution is 7.22. The molecule has 112 valence electrons. The Bertz CT molecular complexity index is 646. The maximum absolute atomic E-state index is 12.6. The van der Waals surface area contributed by atoms with E-state index in [1.54, 1.807) is 0 Å². The van der Waals surface area contributed by atoms with Crippen LogP contribution in [0.2, 0.25) is 0 Å². The lowest BCUT2D eigenvalue weighted by molar-refractivity contribution is 0.0637. The molecule has 1 saturated heterocycles. The van der Waals surface area contributed by atoms with Gasteiger partial charge in [-0.05, 0) is 31.2 Å². The van der Waals surface area contributed by atoms with Crippen molar-refractivity contribution in [2.75, 3.05) is 38.5 Å². The van der Waals surface area contributed by atoms with Crippen molar-refractivity contribution in [3.8, 4) is 0 Å². The van der Waals surface area contributed by atoms with E-state index >= 15 is 0 Å². The number of thiazole rings is 1. The van der Waals surface area contributed by atoms with Crippen molar-refractivity contribution in [1.82, 2.24) is 14.8 Å². The lowest BCUT2D eigenvalue weighted by Gasteiger charge is -2.34. The normalized spacial score (nSPS) is 16.5. The van der Waals surface area contributed by atoms with E-state index in [4.69, 9.17) is 5.73 Å². The SMILES string of the molecule is CCCN1CCN(C(=O)c2ccc3nc(N)sc3c2)CC1. The molecular weight excluding hydrogens is 284 g/mol. The molecule has 0 saturated carbocycles. The number of hydrogen-bond donors (Lipinski definition) is 1. The molecule has 1 aromatic heterocycles. The molecule has 2 aromatic rings. The average Bonchev–Trinajstić information content (AvgIpc) is 2.86. The van der Waals surface area contributed by atoms with Crippen LogP contribution in [0.25, 0.3) is 10.2 Å². The Kier molecular flexibility index (Phi) is 4.07. The summed E-state index contributed by atoms with van der Waals surface area (Å²) in [5.41, 5.74) is 7.30. The minimum Gasteiger partial charge on any atom is -0.375 e. The number of piperazine rings is 1. The first kappa shape index (κ1) is 14.3. The average molecular weight is 304 g/mol. The minimum atomic E-state index is 0.111. The number of carbonyl (C=O) groups is 1. The Morgan fingerprint density at radius 2 is 2.10 bits per heavy atom. The Morgan fingerprint density at radius 3 is 2.81 bits per heavy atom. The number of amides is 1. The highest BCUT2D eigenvalue weighted by atomic mass is 32.1. The number of aromatic nitrogens is 1. The number of rotatable bonds is 3. The molecule has 0 spiro atoms. The summed E-state index contributed by atoms with van der Waals surface area (Å²) in [7, 11) is 0. The maximum atomic E-state index is 12.6. The zero-order valence-electron chi connectivity index (χ0n) is 12.2. The van der Waals surface area contributed by atoms with Crippen LogP contribution in [0.3, 0.4) is 0 Å². The van der Waals surface area contributed by atoms with Gasteiger partial charge >= 0.3 is 0 Å². The van der Waals surface area contributed by atoms with Gasteiger partial charge in [0.1, 0.15) is 0 Å². The zero-order chi connectivity index (χ0) is 14.8. The standard InChI is InChI=1S/C15H20N4OS/c1-2-5-18-6-8-19(9-7-18)14(20)11-3-4-12-13(10-11)21-15(16)17-12/h3-4,10H,2,5-9H2,1H3,(H2,16,17). The lowest BCUT2D eigenvalue weighted by Crippen LogP contribution is -2.48. The van der Waals surface area contributed by atoms with Crippen molar-refractivity contribution in [2.45, 2.75) is 13.3 Å². The van der Waals surface area contributed by atoms with Gasteiger partial charge in [0.25, 0.3) is 5.91 Å². The summed E-state index contributed by atoms with van der Waals surface area (Å²) in [6, 6.07) is 5.63. The van der Waals surface area contributed by atoms with E-state index < -0.39 is 0 Å². The number of anilines is 1. The Labute approximate surface area is 128 Å². The second kappa shape index (κ2) is 5.99. The molecule has 0 aliphatic carbocycles. The molecule has 1 aliphatic heterocycles. The van der Waals surface area contributed by atoms with Gasteiger partial charge < -0.3 is 10.6 Å². The van der Waals surface area contributed by atoms with E-state index in [-0.39, 0.29) is 5.91 Å². The van der Waals surface area contributed by atoms with Gasteiger partial charge in [-0.2, -0.15) is 0 Å². The zero-order valence-corrected chi connectivity index (χ0v) is 13.0. The number of hydrogen-bond acceptors (Lipinski definition) is 5. The summed E-state index contributed by atoms with van der Waals surface area (Å²) in [6.07, 6.45) is 1.16. The summed E-state index contributed by atoms with van der Waals surface area (Å²) in [4.78, 5) is 21.2. The lowest BCUT2D eigenvalue weighted by atomic mass is 10.1.